The summed E-state index contributed by atoms with van der Waals surface area (Å²) in [5, 5.41) is 1.22. The third kappa shape index (κ3) is 5.52. The maximum absolute atomic E-state index is 13.7. The van der Waals surface area contributed by atoms with Crippen LogP contribution in [0.25, 0.3) is 10.9 Å². The molecule has 1 heterocycles. The second-order valence-corrected chi connectivity index (χ2v) is 9.00. The summed E-state index contributed by atoms with van der Waals surface area (Å²) >= 11 is 6.49. The van der Waals surface area contributed by atoms with Crippen LogP contribution in [0, 0.1) is 0 Å². The summed E-state index contributed by atoms with van der Waals surface area (Å²) in [6, 6.07) is 9.83. The molecule has 4 nitrogen and oxygen atoms in total. The van der Waals surface area contributed by atoms with Gasteiger partial charge in [-0.15, -0.1) is 0 Å². The summed E-state index contributed by atoms with van der Waals surface area (Å²) in [5.41, 5.74) is 1.81. The number of aryl methyl sites for hydroxylation is 1. The highest BCUT2D eigenvalue weighted by Crippen LogP contribution is 2.42. The molecule has 182 valence electrons. The molecule has 0 radical (unpaired) electrons. The Labute approximate surface area is 201 Å². The minimum Gasteiger partial charge on any atom is -0.489 e. The lowest BCUT2D eigenvalue weighted by atomic mass is 9.91. The van der Waals surface area contributed by atoms with E-state index in [-0.39, 0.29) is 24.9 Å². The van der Waals surface area contributed by atoms with Crippen molar-refractivity contribution >= 4 is 28.5 Å². The molecule has 0 bridgehead atoms. The summed E-state index contributed by atoms with van der Waals surface area (Å²) in [4.78, 5) is 14.8. The number of carbonyl (C=O) groups is 1. The fourth-order valence-electron chi connectivity index (χ4n) is 4.61. The second kappa shape index (κ2) is 10.3. The molecule has 0 aliphatic heterocycles. The van der Waals surface area contributed by atoms with Crippen molar-refractivity contribution in [3.8, 4) is 5.75 Å². The predicted octanol–water partition coefficient (Wildman–Crippen LogP) is 7.57. The third-order valence-electron chi connectivity index (χ3n) is 6.29. The zero-order valence-corrected chi connectivity index (χ0v) is 19.7. The topological polar surface area (TPSA) is 51.3 Å². The number of hydrogen-bond acceptors (Lipinski definition) is 3. The van der Waals surface area contributed by atoms with Gasteiger partial charge in [0.2, 0.25) is 0 Å². The minimum atomic E-state index is -4.40. The van der Waals surface area contributed by atoms with Gasteiger partial charge < -0.3 is 14.5 Å². The second-order valence-electron chi connectivity index (χ2n) is 8.62. The van der Waals surface area contributed by atoms with E-state index in [1.54, 1.807) is 37.3 Å². The lowest BCUT2D eigenvalue weighted by Gasteiger charge is -2.19. The molecule has 1 aromatic heterocycles. The Kier molecular flexibility index (Phi) is 7.41. The van der Waals surface area contributed by atoms with Crippen LogP contribution in [0.5, 0.6) is 5.75 Å². The first-order chi connectivity index (χ1) is 16.3. The van der Waals surface area contributed by atoms with Crippen LogP contribution >= 0.6 is 11.6 Å². The van der Waals surface area contributed by atoms with E-state index in [9.17, 15) is 18.0 Å². The molecule has 34 heavy (non-hydrogen) atoms. The smallest absolute Gasteiger partial charge is 0.416 e. The maximum atomic E-state index is 13.7. The molecular weight excluding hydrogens is 467 g/mol. The van der Waals surface area contributed by atoms with Gasteiger partial charge in [-0.3, -0.25) is 4.79 Å². The molecule has 4 rings (SSSR count). The van der Waals surface area contributed by atoms with Crippen LogP contribution in [0.15, 0.2) is 36.4 Å². The highest BCUT2D eigenvalue weighted by atomic mass is 35.5. The number of carbonyl (C=O) groups excluding carboxylic acids is 1. The summed E-state index contributed by atoms with van der Waals surface area (Å²) in [7, 11) is 0. The summed E-state index contributed by atoms with van der Waals surface area (Å²) < 4.78 is 52.0. The molecule has 8 heteroatoms. The van der Waals surface area contributed by atoms with Crippen molar-refractivity contribution in [2.45, 2.75) is 64.1 Å². The number of aromatic nitrogens is 1. The van der Waals surface area contributed by atoms with Gasteiger partial charge in [-0.25, -0.2) is 0 Å². The van der Waals surface area contributed by atoms with E-state index in [2.05, 4.69) is 4.98 Å². The lowest BCUT2D eigenvalue weighted by molar-refractivity contribution is -0.143. The quantitative estimate of drug-likeness (QED) is 0.329. The Morgan fingerprint density at radius 3 is 2.62 bits per heavy atom. The number of rotatable bonds is 8. The number of nitrogens with one attached hydrogen (secondary N) is 1. The van der Waals surface area contributed by atoms with Crippen molar-refractivity contribution in [2.75, 3.05) is 6.61 Å². The molecule has 0 saturated heterocycles. The molecule has 1 aliphatic rings. The molecule has 0 amide bonds. The van der Waals surface area contributed by atoms with E-state index in [4.69, 9.17) is 21.1 Å². The molecule has 1 N–H and O–H groups in total. The molecule has 1 saturated carbocycles. The van der Waals surface area contributed by atoms with Crippen LogP contribution in [-0.4, -0.2) is 17.6 Å². The Bertz CT molecular complexity index is 1170. The minimum absolute atomic E-state index is 0.0112. The van der Waals surface area contributed by atoms with Crippen LogP contribution < -0.4 is 4.74 Å². The van der Waals surface area contributed by atoms with E-state index in [1.165, 1.54) is 6.07 Å². The van der Waals surface area contributed by atoms with E-state index in [1.807, 2.05) is 0 Å². The molecule has 3 aromatic rings. The van der Waals surface area contributed by atoms with Gasteiger partial charge in [-0.05, 0) is 67.5 Å². The fourth-order valence-corrected chi connectivity index (χ4v) is 4.91. The molecule has 2 aromatic carbocycles. The standard InChI is InChI=1S/C26H27ClF3NO3/c1-2-33-24(32)12-11-23-25(27)20-14-18(8-10-22(20)31-23)34-15-16-7-9-19(17-5-3-4-6-17)21(13-16)26(28,29)30/h7-10,13-14,17,31H,2-6,11-12,15H2,1H3. The molecule has 0 atom stereocenters. The predicted molar refractivity (Wildman–Crippen MR) is 125 cm³/mol. The Morgan fingerprint density at radius 1 is 1.15 bits per heavy atom. The van der Waals surface area contributed by atoms with Crippen molar-refractivity contribution in [3.05, 3.63) is 63.8 Å². The number of H-pyrrole nitrogens is 1. The molecule has 1 fully saturated rings. The zero-order chi connectivity index (χ0) is 24.3. The summed E-state index contributed by atoms with van der Waals surface area (Å²) in [5.74, 6) is 0.181. The maximum Gasteiger partial charge on any atom is 0.416 e. The largest absolute Gasteiger partial charge is 0.489 e. The van der Waals surface area contributed by atoms with Crippen LogP contribution in [0.4, 0.5) is 13.2 Å². The van der Waals surface area contributed by atoms with Crippen molar-refractivity contribution < 1.29 is 27.4 Å². The Balaban J connectivity index is 1.48. The summed E-state index contributed by atoms with van der Waals surface area (Å²) in [6.45, 7) is 2.09. The fraction of sp³-hybridized carbons (Fsp3) is 0.423. The number of hydrogen-bond donors (Lipinski definition) is 1. The Hall–Kier alpha value is -2.67. The monoisotopic (exact) mass is 493 g/mol. The molecule has 0 unspecified atom stereocenters. The van der Waals surface area contributed by atoms with Gasteiger partial charge >= 0.3 is 12.1 Å². The summed E-state index contributed by atoms with van der Waals surface area (Å²) in [6.07, 6.45) is -0.219. The molecular formula is C26H27ClF3NO3. The SMILES string of the molecule is CCOC(=O)CCc1[nH]c2ccc(OCc3ccc(C4CCCC4)c(C(F)(F)F)c3)cc2c1Cl. The van der Waals surface area contributed by atoms with Gasteiger partial charge in [0.1, 0.15) is 12.4 Å². The number of aromatic amines is 1. The molecule has 1 aliphatic carbocycles. The van der Waals surface area contributed by atoms with Crippen LogP contribution in [0.1, 0.15) is 67.3 Å². The van der Waals surface area contributed by atoms with Gasteiger partial charge in [0.25, 0.3) is 0 Å². The van der Waals surface area contributed by atoms with Gasteiger partial charge in [0, 0.05) is 16.6 Å². The number of fused-ring (bicyclic) bond motifs is 1. The van der Waals surface area contributed by atoms with Gasteiger partial charge in [-0.1, -0.05) is 36.6 Å². The normalized spacial score (nSPS) is 14.6. The first-order valence-electron chi connectivity index (χ1n) is 11.5. The van der Waals surface area contributed by atoms with E-state index < -0.39 is 11.7 Å². The van der Waals surface area contributed by atoms with Crippen LogP contribution in [-0.2, 0) is 28.7 Å². The number of benzene rings is 2. The van der Waals surface area contributed by atoms with E-state index in [0.29, 0.717) is 34.9 Å². The first kappa shape index (κ1) is 24.5. The van der Waals surface area contributed by atoms with Gasteiger partial charge in [-0.2, -0.15) is 13.2 Å². The molecule has 0 spiro atoms. The highest BCUT2D eigenvalue weighted by Gasteiger charge is 2.36. The van der Waals surface area contributed by atoms with Crippen molar-refractivity contribution in [1.82, 2.24) is 4.98 Å². The van der Waals surface area contributed by atoms with E-state index in [0.717, 1.165) is 42.3 Å². The van der Waals surface area contributed by atoms with Crippen LogP contribution in [0.2, 0.25) is 5.02 Å². The number of alkyl halides is 3. The number of ether oxygens (including phenoxy) is 2. The van der Waals surface area contributed by atoms with Gasteiger partial charge in [0.15, 0.2) is 0 Å². The Morgan fingerprint density at radius 2 is 1.91 bits per heavy atom. The lowest BCUT2D eigenvalue weighted by Crippen LogP contribution is -2.12. The van der Waals surface area contributed by atoms with E-state index >= 15 is 0 Å². The third-order valence-corrected chi connectivity index (χ3v) is 6.72. The average Bonchev–Trinajstić information content (AvgIpc) is 3.44. The van der Waals surface area contributed by atoms with Crippen LogP contribution in [0.3, 0.4) is 0 Å². The average molecular weight is 494 g/mol. The first-order valence-corrected chi connectivity index (χ1v) is 11.9. The zero-order valence-electron chi connectivity index (χ0n) is 18.9. The highest BCUT2D eigenvalue weighted by molar-refractivity contribution is 6.36. The van der Waals surface area contributed by atoms with Crippen molar-refractivity contribution in [1.29, 1.82) is 0 Å². The number of halogens is 4. The number of esters is 1. The van der Waals surface area contributed by atoms with Crippen molar-refractivity contribution in [2.24, 2.45) is 0 Å². The van der Waals surface area contributed by atoms with Gasteiger partial charge in [0.05, 0.1) is 23.6 Å². The van der Waals surface area contributed by atoms with Crippen molar-refractivity contribution in [3.63, 3.8) is 0 Å².